The summed E-state index contributed by atoms with van der Waals surface area (Å²) in [5, 5.41) is 10.5. The number of aliphatic hydroxyl groups is 1. The molecular formula is C20H30N6O2. The minimum atomic E-state index is -0.356. The van der Waals surface area contributed by atoms with Gasteiger partial charge >= 0.3 is 0 Å². The predicted octanol–water partition coefficient (Wildman–Crippen LogP) is -0.170. The molecular weight excluding hydrogens is 356 g/mol. The number of carbonyl (C=O) groups is 1. The van der Waals surface area contributed by atoms with E-state index in [2.05, 4.69) is 38.4 Å². The van der Waals surface area contributed by atoms with E-state index in [-0.39, 0.29) is 6.10 Å². The van der Waals surface area contributed by atoms with Crippen LogP contribution in [0.15, 0.2) is 24.3 Å². The first-order chi connectivity index (χ1) is 13.6. The Hall–Kier alpha value is -2.16. The monoisotopic (exact) mass is 386 g/mol. The van der Waals surface area contributed by atoms with Crippen molar-refractivity contribution in [3.8, 4) is 0 Å². The van der Waals surface area contributed by atoms with Crippen molar-refractivity contribution in [2.24, 2.45) is 7.05 Å². The van der Waals surface area contributed by atoms with E-state index in [0.29, 0.717) is 13.1 Å². The number of fused-ring (bicyclic) bond motifs is 1. The van der Waals surface area contributed by atoms with Gasteiger partial charge in [0.2, 0.25) is 12.4 Å². The minimum absolute atomic E-state index is 0.356. The van der Waals surface area contributed by atoms with Crippen LogP contribution in [0.3, 0.4) is 0 Å². The van der Waals surface area contributed by atoms with E-state index < -0.39 is 0 Å². The molecule has 152 valence electrons. The number of aliphatic hydroxyl groups excluding tert-OH is 1. The third-order valence-corrected chi connectivity index (χ3v) is 5.91. The normalized spacial score (nSPS) is 20.6. The third-order valence-electron chi connectivity index (χ3n) is 5.91. The molecule has 8 nitrogen and oxygen atoms in total. The third kappa shape index (κ3) is 4.14. The van der Waals surface area contributed by atoms with Gasteiger partial charge in [-0.1, -0.05) is 12.1 Å². The largest absolute Gasteiger partial charge is 0.390 e. The van der Waals surface area contributed by atoms with Crippen LogP contribution in [0.1, 0.15) is 0 Å². The molecule has 2 fully saturated rings. The Kier molecular flexibility index (Phi) is 5.79. The maximum atomic E-state index is 10.8. The number of anilines is 1. The number of aryl methyl sites for hydroxylation is 1. The Morgan fingerprint density at radius 2 is 1.61 bits per heavy atom. The van der Waals surface area contributed by atoms with Crippen molar-refractivity contribution in [1.82, 2.24) is 24.3 Å². The van der Waals surface area contributed by atoms with Gasteiger partial charge in [-0.3, -0.25) is 14.6 Å². The Balaban J connectivity index is 1.26. The molecule has 2 aliphatic rings. The van der Waals surface area contributed by atoms with E-state index in [1.54, 1.807) is 4.90 Å². The van der Waals surface area contributed by atoms with Crippen LogP contribution in [0, 0.1) is 0 Å². The highest BCUT2D eigenvalue weighted by atomic mass is 16.3. The quantitative estimate of drug-likeness (QED) is 0.696. The summed E-state index contributed by atoms with van der Waals surface area (Å²) in [5.41, 5.74) is 2.19. The van der Waals surface area contributed by atoms with Crippen LogP contribution in [-0.2, 0) is 11.8 Å². The van der Waals surface area contributed by atoms with Crippen LogP contribution in [0.4, 0.5) is 5.95 Å². The summed E-state index contributed by atoms with van der Waals surface area (Å²) < 4.78 is 2.17. The summed E-state index contributed by atoms with van der Waals surface area (Å²) >= 11 is 0. The van der Waals surface area contributed by atoms with Crippen molar-refractivity contribution in [3.05, 3.63) is 24.3 Å². The average Bonchev–Trinajstić information content (AvgIpc) is 3.06. The molecule has 1 aromatic heterocycles. The Labute approximate surface area is 165 Å². The first-order valence-corrected chi connectivity index (χ1v) is 10.1. The SMILES string of the molecule is Cn1c(N2CCN(CC(O)CN3CCN(C=O)CC3)CC2)nc2ccccc21. The van der Waals surface area contributed by atoms with Crippen molar-refractivity contribution in [2.75, 3.05) is 70.3 Å². The number of piperazine rings is 2. The lowest BCUT2D eigenvalue weighted by Crippen LogP contribution is -2.52. The summed E-state index contributed by atoms with van der Waals surface area (Å²) in [4.78, 5) is 24.3. The fourth-order valence-electron chi connectivity index (χ4n) is 4.25. The number of nitrogens with zero attached hydrogens (tertiary/aromatic N) is 6. The van der Waals surface area contributed by atoms with Gasteiger partial charge in [-0.05, 0) is 12.1 Å². The van der Waals surface area contributed by atoms with Gasteiger partial charge in [-0.2, -0.15) is 0 Å². The number of β-amino-alcohol motifs (C(OH)–C–C–N with tert-alkyl or cyclic N) is 1. The van der Waals surface area contributed by atoms with Gasteiger partial charge in [0.25, 0.3) is 0 Å². The molecule has 1 aromatic carbocycles. The number of hydrogen-bond donors (Lipinski definition) is 1. The number of carbonyl (C=O) groups excluding carboxylic acids is 1. The lowest BCUT2D eigenvalue weighted by atomic mass is 10.2. The molecule has 4 rings (SSSR count). The molecule has 1 amide bonds. The number of rotatable bonds is 6. The van der Waals surface area contributed by atoms with E-state index in [0.717, 1.165) is 75.7 Å². The molecule has 3 heterocycles. The molecule has 28 heavy (non-hydrogen) atoms. The van der Waals surface area contributed by atoms with E-state index >= 15 is 0 Å². The van der Waals surface area contributed by atoms with Gasteiger partial charge < -0.3 is 19.5 Å². The molecule has 0 aliphatic carbocycles. The number of benzene rings is 1. The van der Waals surface area contributed by atoms with Crippen molar-refractivity contribution < 1.29 is 9.90 Å². The molecule has 2 saturated heterocycles. The van der Waals surface area contributed by atoms with Crippen LogP contribution < -0.4 is 4.90 Å². The number of para-hydroxylation sites is 2. The van der Waals surface area contributed by atoms with Gasteiger partial charge in [0, 0.05) is 72.5 Å². The van der Waals surface area contributed by atoms with E-state index in [1.807, 2.05) is 12.1 Å². The second kappa shape index (κ2) is 8.46. The number of aromatic nitrogens is 2. The molecule has 2 aromatic rings. The topological polar surface area (TPSA) is 68.1 Å². The zero-order valence-corrected chi connectivity index (χ0v) is 16.6. The van der Waals surface area contributed by atoms with Crippen molar-refractivity contribution in [3.63, 3.8) is 0 Å². The summed E-state index contributed by atoms with van der Waals surface area (Å²) in [5.74, 6) is 1.02. The maximum Gasteiger partial charge on any atom is 0.209 e. The molecule has 0 saturated carbocycles. The van der Waals surface area contributed by atoms with E-state index in [1.165, 1.54) is 0 Å². The van der Waals surface area contributed by atoms with E-state index in [4.69, 9.17) is 4.98 Å². The van der Waals surface area contributed by atoms with Gasteiger partial charge in [0.05, 0.1) is 17.1 Å². The van der Waals surface area contributed by atoms with Gasteiger partial charge in [0.15, 0.2) is 0 Å². The standard InChI is InChI=1S/C20H30N6O2/c1-22-19-5-3-2-4-18(19)21-20(22)26-12-10-24(11-13-26)15-17(28)14-23-6-8-25(16-27)9-7-23/h2-5,16-17,28H,6-15H2,1H3. The summed E-state index contributed by atoms with van der Waals surface area (Å²) in [6, 6.07) is 8.23. The Morgan fingerprint density at radius 1 is 1.00 bits per heavy atom. The fourth-order valence-corrected chi connectivity index (χ4v) is 4.25. The lowest BCUT2D eigenvalue weighted by Gasteiger charge is -2.37. The second-order valence-electron chi connectivity index (χ2n) is 7.84. The molecule has 1 atom stereocenters. The molecule has 0 radical (unpaired) electrons. The van der Waals surface area contributed by atoms with Crippen LogP contribution in [0.25, 0.3) is 11.0 Å². The number of amides is 1. The molecule has 8 heteroatoms. The molecule has 2 aliphatic heterocycles. The molecule has 1 N–H and O–H groups in total. The number of hydrogen-bond acceptors (Lipinski definition) is 6. The lowest BCUT2D eigenvalue weighted by molar-refractivity contribution is -0.119. The van der Waals surface area contributed by atoms with E-state index in [9.17, 15) is 9.90 Å². The highest BCUT2D eigenvalue weighted by Crippen LogP contribution is 2.22. The van der Waals surface area contributed by atoms with Crippen molar-refractivity contribution >= 4 is 23.4 Å². The van der Waals surface area contributed by atoms with Crippen LogP contribution in [-0.4, -0.2) is 107 Å². The zero-order valence-electron chi connectivity index (χ0n) is 16.6. The van der Waals surface area contributed by atoms with Gasteiger partial charge in [-0.15, -0.1) is 0 Å². The average molecular weight is 387 g/mol. The van der Waals surface area contributed by atoms with Crippen LogP contribution in [0.2, 0.25) is 0 Å². The highest BCUT2D eigenvalue weighted by molar-refractivity contribution is 5.78. The molecule has 0 bridgehead atoms. The maximum absolute atomic E-state index is 10.8. The van der Waals surface area contributed by atoms with Crippen molar-refractivity contribution in [1.29, 1.82) is 0 Å². The first-order valence-electron chi connectivity index (χ1n) is 10.1. The van der Waals surface area contributed by atoms with Gasteiger partial charge in [0.1, 0.15) is 0 Å². The smallest absolute Gasteiger partial charge is 0.209 e. The van der Waals surface area contributed by atoms with Crippen LogP contribution in [0.5, 0.6) is 0 Å². The minimum Gasteiger partial charge on any atom is -0.390 e. The summed E-state index contributed by atoms with van der Waals surface area (Å²) in [6.45, 7) is 8.27. The Morgan fingerprint density at radius 3 is 2.21 bits per heavy atom. The zero-order chi connectivity index (χ0) is 19.5. The first kappa shape index (κ1) is 19.2. The fraction of sp³-hybridized carbons (Fsp3) is 0.600. The molecule has 0 spiro atoms. The number of imidazole rings is 1. The predicted molar refractivity (Wildman–Crippen MR) is 109 cm³/mol. The van der Waals surface area contributed by atoms with Crippen LogP contribution >= 0.6 is 0 Å². The molecule has 1 unspecified atom stereocenters. The van der Waals surface area contributed by atoms with Gasteiger partial charge in [-0.25, -0.2) is 4.98 Å². The summed E-state index contributed by atoms with van der Waals surface area (Å²) in [7, 11) is 2.07. The van der Waals surface area contributed by atoms with Crippen molar-refractivity contribution in [2.45, 2.75) is 6.10 Å². The summed E-state index contributed by atoms with van der Waals surface area (Å²) in [6.07, 6.45) is 0.558. The second-order valence-corrected chi connectivity index (χ2v) is 7.84. The Bertz CT molecular complexity index is 793. The highest BCUT2D eigenvalue weighted by Gasteiger charge is 2.24.